The van der Waals surface area contributed by atoms with Gasteiger partial charge in [-0.05, 0) is 44.9 Å². The molecule has 4 amide bonds. The molecule has 2 rings (SSSR count). The van der Waals surface area contributed by atoms with Gasteiger partial charge >= 0.3 is 6.03 Å². The van der Waals surface area contributed by atoms with Gasteiger partial charge in [-0.3, -0.25) is 19.8 Å². The van der Waals surface area contributed by atoms with E-state index in [0.29, 0.717) is 5.92 Å². The summed E-state index contributed by atoms with van der Waals surface area (Å²) in [6.45, 7) is 7.41. The fraction of sp³-hybridized carbons (Fsp3) is 0.786. The van der Waals surface area contributed by atoms with E-state index in [1.54, 1.807) is 13.8 Å². The SMILES string of the molecule is CC1CCC(N2C(=O)NC(=O)C(C)(C)C2=O)C(C)C1. The van der Waals surface area contributed by atoms with E-state index < -0.39 is 17.4 Å². The molecule has 1 saturated carbocycles. The molecule has 2 fully saturated rings. The molecular formula is C14H22N2O3. The Hall–Kier alpha value is -1.39. The molecule has 1 heterocycles. The van der Waals surface area contributed by atoms with Gasteiger partial charge in [0, 0.05) is 6.04 Å². The third-order valence-corrected chi connectivity index (χ3v) is 4.48. The molecule has 1 aliphatic heterocycles. The van der Waals surface area contributed by atoms with Crippen LogP contribution in [-0.2, 0) is 9.59 Å². The number of carbonyl (C=O) groups excluding carboxylic acids is 3. The fourth-order valence-electron chi connectivity index (χ4n) is 3.14. The van der Waals surface area contributed by atoms with Crippen molar-refractivity contribution in [1.82, 2.24) is 10.2 Å². The van der Waals surface area contributed by atoms with Crippen LogP contribution in [0.4, 0.5) is 4.79 Å². The van der Waals surface area contributed by atoms with Crippen LogP contribution in [0.1, 0.15) is 47.0 Å². The fourth-order valence-corrected chi connectivity index (χ4v) is 3.14. The number of hydrogen-bond acceptors (Lipinski definition) is 3. The van der Waals surface area contributed by atoms with E-state index in [0.717, 1.165) is 19.3 Å². The normalized spacial score (nSPS) is 35.3. The monoisotopic (exact) mass is 266 g/mol. The number of amides is 4. The standard InChI is InChI=1S/C14H22N2O3/c1-8-5-6-10(9(2)7-8)16-12(18)14(3,4)11(17)15-13(16)19/h8-10H,5-7H2,1-4H3,(H,15,17,19). The smallest absolute Gasteiger partial charge is 0.277 e. The van der Waals surface area contributed by atoms with Crippen molar-refractivity contribution in [3.63, 3.8) is 0 Å². The minimum absolute atomic E-state index is 0.0870. The van der Waals surface area contributed by atoms with Crippen molar-refractivity contribution in [2.45, 2.75) is 53.0 Å². The van der Waals surface area contributed by atoms with Gasteiger partial charge in [-0.2, -0.15) is 0 Å². The van der Waals surface area contributed by atoms with Crippen LogP contribution in [0, 0.1) is 17.3 Å². The highest BCUT2D eigenvalue weighted by Gasteiger charge is 2.50. The van der Waals surface area contributed by atoms with Gasteiger partial charge in [0.1, 0.15) is 5.41 Å². The molecule has 1 N–H and O–H groups in total. The molecule has 0 spiro atoms. The zero-order chi connectivity index (χ0) is 14.4. The second kappa shape index (κ2) is 4.62. The van der Waals surface area contributed by atoms with Crippen molar-refractivity contribution in [2.75, 3.05) is 0 Å². The number of hydrogen-bond donors (Lipinski definition) is 1. The minimum Gasteiger partial charge on any atom is -0.277 e. The summed E-state index contributed by atoms with van der Waals surface area (Å²) in [5.74, 6) is 0.0366. The van der Waals surface area contributed by atoms with Crippen molar-refractivity contribution in [2.24, 2.45) is 17.3 Å². The number of carbonyl (C=O) groups is 3. The largest absolute Gasteiger partial charge is 0.331 e. The summed E-state index contributed by atoms with van der Waals surface area (Å²) in [4.78, 5) is 37.4. The molecular weight excluding hydrogens is 244 g/mol. The second-order valence-electron chi connectivity index (χ2n) is 6.52. The Morgan fingerprint density at radius 1 is 1.16 bits per heavy atom. The first kappa shape index (κ1) is 14.0. The summed E-state index contributed by atoms with van der Waals surface area (Å²) in [5.41, 5.74) is -1.16. The zero-order valence-corrected chi connectivity index (χ0v) is 12.0. The Labute approximate surface area is 113 Å². The Morgan fingerprint density at radius 3 is 2.37 bits per heavy atom. The summed E-state index contributed by atoms with van der Waals surface area (Å²) in [6.07, 6.45) is 2.85. The second-order valence-corrected chi connectivity index (χ2v) is 6.52. The maximum Gasteiger partial charge on any atom is 0.331 e. The number of nitrogens with one attached hydrogen (secondary N) is 1. The zero-order valence-electron chi connectivity index (χ0n) is 12.0. The summed E-state index contributed by atoms with van der Waals surface area (Å²) < 4.78 is 0. The molecule has 106 valence electrons. The highest BCUT2D eigenvalue weighted by atomic mass is 16.2. The van der Waals surface area contributed by atoms with E-state index in [9.17, 15) is 14.4 Å². The maximum atomic E-state index is 12.4. The first-order valence-corrected chi connectivity index (χ1v) is 6.94. The molecule has 0 bridgehead atoms. The lowest BCUT2D eigenvalue weighted by atomic mass is 9.77. The molecule has 0 aromatic carbocycles. The lowest BCUT2D eigenvalue weighted by Gasteiger charge is -2.44. The molecule has 2 aliphatic rings. The van der Waals surface area contributed by atoms with E-state index >= 15 is 0 Å². The summed E-state index contributed by atoms with van der Waals surface area (Å²) in [7, 11) is 0. The predicted molar refractivity (Wildman–Crippen MR) is 70.1 cm³/mol. The van der Waals surface area contributed by atoms with Gasteiger partial charge in [-0.25, -0.2) is 4.79 Å². The molecule has 0 aromatic rings. The van der Waals surface area contributed by atoms with Gasteiger partial charge in [0.05, 0.1) is 0 Å². The van der Waals surface area contributed by atoms with E-state index in [-0.39, 0.29) is 17.9 Å². The van der Waals surface area contributed by atoms with Crippen LogP contribution in [0.25, 0.3) is 0 Å². The molecule has 5 nitrogen and oxygen atoms in total. The predicted octanol–water partition coefficient (Wildman–Crippen LogP) is 1.92. The minimum atomic E-state index is -1.16. The van der Waals surface area contributed by atoms with Crippen LogP contribution in [0.2, 0.25) is 0 Å². The first-order valence-electron chi connectivity index (χ1n) is 6.94. The van der Waals surface area contributed by atoms with Crippen molar-refractivity contribution in [3.8, 4) is 0 Å². The Bertz CT molecular complexity index is 430. The van der Waals surface area contributed by atoms with Crippen LogP contribution in [0.5, 0.6) is 0 Å². The van der Waals surface area contributed by atoms with E-state index in [4.69, 9.17) is 0 Å². The number of nitrogens with zero attached hydrogens (tertiary/aromatic N) is 1. The van der Waals surface area contributed by atoms with Crippen LogP contribution in [0.3, 0.4) is 0 Å². The highest BCUT2D eigenvalue weighted by Crippen LogP contribution is 2.35. The number of imide groups is 2. The van der Waals surface area contributed by atoms with E-state index in [1.165, 1.54) is 4.90 Å². The first-order chi connectivity index (χ1) is 8.75. The molecule has 5 heteroatoms. The number of rotatable bonds is 1. The van der Waals surface area contributed by atoms with E-state index in [2.05, 4.69) is 19.2 Å². The summed E-state index contributed by atoms with van der Waals surface area (Å²) in [6, 6.07) is -0.642. The molecule has 0 radical (unpaired) electrons. The third-order valence-electron chi connectivity index (χ3n) is 4.48. The number of urea groups is 1. The van der Waals surface area contributed by atoms with Crippen molar-refractivity contribution in [1.29, 1.82) is 0 Å². The highest BCUT2D eigenvalue weighted by molar-refractivity contribution is 6.18. The van der Waals surface area contributed by atoms with Crippen molar-refractivity contribution >= 4 is 17.8 Å². The molecule has 1 aliphatic carbocycles. The van der Waals surface area contributed by atoms with E-state index in [1.807, 2.05) is 0 Å². The molecule has 1 saturated heterocycles. The maximum absolute atomic E-state index is 12.4. The quantitative estimate of drug-likeness (QED) is 0.737. The average Bonchev–Trinajstić information content (AvgIpc) is 2.30. The van der Waals surface area contributed by atoms with Crippen LogP contribution in [0.15, 0.2) is 0 Å². The van der Waals surface area contributed by atoms with Gasteiger partial charge in [0.25, 0.3) is 0 Å². The van der Waals surface area contributed by atoms with Gasteiger partial charge in [-0.1, -0.05) is 13.8 Å². The number of barbiturate groups is 1. The van der Waals surface area contributed by atoms with Crippen molar-refractivity contribution < 1.29 is 14.4 Å². The van der Waals surface area contributed by atoms with Crippen LogP contribution < -0.4 is 5.32 Å². The molecule has 3 atom stereocenters. The molecule has 0 aromatic heterocycles. The van der Waals surface area contributed by atoms with Gasteiger partial charge in [-0.15, -0.1) is 0 Å². The Balaban J connectivity index is 2.26. The van der Waals surface area contributed by atoms with Gasteiger partial charge in [0.15, 0.2) is 0 Å². The summed E-state index contributed by atoms with van der Waals surface area (Å²) >= 11 is 0. The molecule has 19 heavy (non-hydrogen) atoms. The Morgan fingerprint density at radius 2 is 1.79 bits per heavy atom. The van der Waals surface area contributed by atoms with Crippen molar-refractivity contribution in [3.05, 3.63) is 0 Å². The lowest BCUT2D eigenvalue weighted by Crippen LogP contribution is -2.65. The van der Waals surface area contributed by atoms with Gasteiger partial charge < -0.3 is 0 Å². The lowest BCUT2D eigenvalue weighted by molar-refractivity contribution is -0.151. The van der Waals surface area contributed by atoms with Crippen LogP contribution in [-0.4, -0.2) is 28.8 Å². The topological polar surface area (TPSA) is 66.5 Å². The summed E-state index contributed by atoms with van der Waals surface area (Å²) in [5, 5.41) is 2.31. The van der Waals surface area contributed by atoms with Gasteiger partial charge in [0.2, 0.25) is 11.8 Å². The molecule has 3 unspecified atom stereocenters. The Kier molecular flexibility index (Phi) is 3.41. The van der Waals surface area contributed by atoms with Crippen LogP contribution >= 0.6 is 0 Å². The average molecular weight is 266 g/mol. The third kappa shape index (κ3) is 2.26.